The van der Waals surface area contributed by atoms with Gasteiger partial charge in [-0.15, -0.1) is 11.3 Å². The van der Waals surface area contributed by atoms with Crippen LogP contribution in [0.15, 0.2) is 10.9 Å². The Labute approximate surface area is 89.9 Å². The predicted molar refractivity (Wildman–Crippen MR) is 52.5 cm³/mol. The van der Waals surface area contributed by atoms with Crippen molar-refractivity contribution in [1.29, 1.82) is 0 Å². The molecule has 0 bridgehead atoms. The average Bonchev–Trinajstić information content (AvgIpc) is 2.77. The molecule has 2 N–H and O–H groups in total. The number of aliphatic hydroxyl groups is 1. The van der Waals surface area contributed by atoms with Gasteiger partial charge in [-0.1, -0.05) is 0 Å². The fraction of sp³-hybridized carbons (Fsp3) is 0.375. The molecule has 15 heavy (non-hydrogen) atoms. The van der Waals surface area contributed by atoms with Crippen LogP contribution in [0.5, 0.6) is 0 Å². The van der Waals surface area contributed by atoms with Gasteiger partial charge in [-0.3, -0.25) is 4.79 Å². The highest BCUT2D eigenvalue weighted by Gasteiger charge is 2.21. The van der Waals surface area contributed by atoms with Crippen molar-refractivity contribution in [3.05, 3.63) is 16.6 Å². The summed E-state index contributed by atoms with van der Waals surface area (Å²) in [5.41, 5.74) is 1.71. The van der Waals surface area contributed by atoms with Gasteiger partial charge in [0.1, 0.15) is 5.69 Å². The van der Waals surface area contributed by atoms with E-state index in [1.807, 2.05) is 0 Å². The fourth-order valence-electron chi connectivity index (χ4n) is 0.878. The third kappa shape index (κ3) is 3.00. The van der Waals surface area contributed by atoms with E-state index in [2.05, 4.69) is 15.0 Å². The lowest BCUT2D eigenvalue weighted by Gasteiger charge is -2.12. The number of aromatic nitrogens is 1. The predicted octanol–water partition coefficient (Wildman–Crippen LogP) is -0.593. The van der Waals surface area contributed by atoms with Crippen LogP contribution in [0.3, 0.4) is 0 Å². The van der Waals surface area contributed by atoms with Gasteiger partial charge in [0.2, 0.25) is 0 Å². The highest BCUT2D eigenvalue weighted by Crippen LogP contribution is 2.01. The number of carbonyl (C=O) groups excluding carboxylic acids is 2. The van der Waals surface area contributed by atoms with Gasteiger partial charge in [-0.05, 0) is 0 Å². The average molecular weight is 230 g/mol. The summed E-state index contributed by atoms with van der Waals surface area (Å²) in [6, 6.07) is -1.05. The van der Waals surface area contributed by atoms with E-state index in [0.717, 1.165) is 0 Å². The van der Waals surface area contributed by atoms with Crippen molar-refractivity contribution in [2.75, 3.05) is 13.7 Å². The van der Waals surface area contributed by atoms with Crippen molar-refractivity contribution in [2.24, 2.45) is 0 Å². The van der Waals surface area contributed by atoms with Crippen molar-refractivity contribution in [3.63, 3.8) is 0 Å². The first-order valence-electron chi connectivity index (χ1n) is 4.06. The quantitative estimate of drug-likeness (QED) is 0.675. The number of aliphatic hydroxyl groups excluding tert-OH is 1. The lowest BCUT2D eigenvalue weighted by molar-refractivity contribution is -0.143. The Bertz CT molecular complexity index is 338. The highest BCUT2D eigenvalue weighted by atomic mass is 32.1. The SMILES string of the molecule is COC(=O)[C@H](CO)NC(=O)c1cscn1. The summed E-state index contributed by atoms with van der Waals surface area (Å²) in [5.74, 6) is -1.21. The lowest BCUT2D eigenvalue weighted by Crippen LogP contribution is -2.44. The van der Waals surface area contributed by atoms with Gasteiger partial charge in [-0.2, -0.15) is 0 Å². The number of carbonyl (C=O) groups is 2. The zero-order valence-electron chi connectivity index (χ0n) is 7.97. The summed E-state index contributed by atoms with van der Waals surface area (Å²) < 4.78 is 4.39. The maximum absolute atomic E-state index is 11.4. The zero-order chi connectivity index (χ0) is 11.3. The van der Waals surface area contributed by atoms with Crippen molar-refractivity contribution in [1.82, 2.24) is 10.3 Å². The van der Waals surface area contributed by atoms with Gasteiger partial charge >= 0.3 is 5.97 Å². The summed E-state index contributed by atoms with van der Waals surface area (Å²) in [6.45, 7) is -0.511. The van der Waals surface area contributed by atoms with Crippen molar-refractivity contribution in [2.45, 2.75) is 6.04 Å². The first kappa shape index (κ1) is 11.6. The third-order valence-electron chi connectivity index (χ3n) is 1.64. The van der Waals surface area contributed by atoms with Crippen LogP contribution in [0, 0.1) is 0 Å². The second-order valence-corrected chi connectivity index (χ2v) is 3.32. The number of ether oxygens (including phenoxy) is 1. The number of thiazole rings is 1. The van der Waals surface area contributed by atoms with Gasteiger partial charge in [-0.25, -0.2) is 9.78 Å². The molecule has 82 valence electrons. The fourth-order valence-corrected chi connectivity index (χ4v) is 1.41. The number of amides is 1. The largest absolute Gasteiger partial charge is 0.467 e. The molecular formula is C8H10N2O4S. The van der Waals surface area contributed by atoms with E-state index in [1.54, 1.807) is 5.38 Å². The van der Waals surface area contributed by atoms with E-state index in [-0.39, 0.29) is 5.69 Å². The molecule has 1 aromatic heterocycles. The first-order chi connectivity index (χ1) is 7.19. The van der Waals surface area contributed by atoms with Crippen molar-refractivity contribution in [3.8, 4) is 0 Å². The Balaban J connectivity index is 2.60. The van der Waals surface area contributed by atoms with E-state index in [4.69, 9.17) is 5.11 Å². The highest BCUT2D eigenvalue weighted by molar-refractivity contribution is 7.07. The molecule has 0 aliphatic heterocycles. The number of nitrogens with zero attached hydrogens (tertiary/aromatic N) is 1. The molecule has 6 nitrogen and oxygen atoms in total. The standard InChI is InChI=1S/C8H10N2O4S/c1-14-8(13)5(2-11)10-7(12)6-3-15-4-9-6/h3-5,11H,2H2,1H3,(H,10,12)/t5-/m0/s1. The van der Waals surface area contributed by atoms with Gasteiger partial charge < -0.3 is 15.2 Å². The van der Waals surface area contributed by atoms with Crippen molar-refractivity contribution < 1.29 is 19.4 Å². The number of nitrogens with one attached hydrogen (secondary N) is 1. The van der Waals surface area contributed by atoms with Crippen LogP contribution in [-0.2, 0) is 9.53 Å². The number of esters is 1. The molecule has 1 amide bonds. The van der Waals surface area contributed by atoms with Crippen LogP contribution in [0.2, 0.25) is 0 Å². The molecule has 1 atom stereocenters. The van der Waals surface area contributed by atoms with Crippen LogP contribution < -0.4 is 5.32 Å². The number of hydrogen-bond donors (Lipinski definition) is 2. The second-order valence-electron chi connectivity index (χ2n) is 2.61. The normalized spacial score (nSPS) is 11.9. The number of methoxy groups -OCH3 is 1. The smallest absolute Gasteiger partial charge is 0.330 e. The molecule has 1 heterocycles. The maximum Gasteiger partial charge on any atom is 0.330 e. The van der Waals surface area contributed by atoms with Crippen LogP contribution in [0.25, 0.3) is 0 Å². The molecule has 0 saturated heterocycles. The molecule has 1 aromatic rings. The van der Waals surface area contributed by atoms with E-state index in [0.29, 0.717) is 0 Å². The number of hydrogen-bond acceptors (Lipinski definition) is 6. The first-order valence-corrected chi connectivity index (χ1v) is 5.01. The molecular weight excluding hydrogens is 220 g/mol. The van der Waals surface area contributed by atoms with Crippen LogP contribution in [0.4, 0.5) is 0 Å². The molecule has 0 spiro atoms. The minimum absolute atomic E-state index is 0.211. The van der Waals surface area contributed by atoms with E-state index < -0.39 is 24.5 Å². The van der Waals surface area contributed by atoms with Crippen LogP contribution >= 0.6 is 11.3 Å². The summed E-state index contributed by atoms with van der Waals surface area (Å²) >= 11 is 1.27. The van der Waals surface area contributed by atoms with E-state index in [1.165, 1.54) is 24.0 Å². The molecule has 0 radical (unpaired) electrons. The summed E-state index contributed by atoms with van der Waals surface area (Å²) in [5, 5.41) is 12.7. The van der Waals surface area contributed by atoms with E-state index >= 15 is 0 Å². The minimum atomic E-state index is -1.05. The topological polar surface area (TPSA) is 88.5 Å². The molecule has 1 rings (SSSR count). The minimum Gasteiger partial charge on any atom is -0.467 e. The summed E-state index contributed by atoms with van der Waals surface area (Å²) in [4.78, 5) is 26.2. The maximum atomic E-state index is 11.4. The lowest BCUT2D eigenvalue weighted by atomic mass is 10.3. The van der Waals surface area contributed by atoms with Gasteiger partial charge in [0, 0.05) is 5.38 Å². The van der Waals surface area contributed by atoms with E-state index in [9.17, 15) is 9.59 Å². The van der Waals surface area contributed by atoms with Crippen molar-refractivity contribution >= 4 is 23.2 Å². The second kappa shape index (κ2) is 5.42. The molecule has 0 saturated carbocycles. The Morgan fingerprint density at radius 2 is 2.47 bits per heavy atom. The summed E-state index contributed by atoms with van der Waals surface area (Å²) in [6.07, 6.45) is 0. The molecule has 7 heteroatoms. The Morgan fingerprint density at radius 1 is 1.73 bits per heavy atom. The molecule has 0 aromatic carbocycles. The number of rotatable bonds is 4. The van der Waals surface area contributed by atoms with Gasteiger partial charge in [0.25, 0.3) is 5.91 Å². The van der Waals surface area contributed by atoms with Gasteiger partial charge in [0.05, 0.1) is 19.2 Å². The Kier molecular flexibility index (Phi) is 4.19. The van der Waals surface area contributed by atoms with Crippen LogP contribution in [0.1, 0.15) is 10.5 Å². The summed E-state index contributed by atoms with van der Waals surface area (Å²) in [7, 11) is 1.18. The monoisotopic (exact) mass is 230 g/mol. The zero-order valence-corrected chi connectivity index (χ0v) is 8.78. The van der Waals surface area contributed by atoms with Crippen LogP contribution in [-0.4, -0.2) is 41.7 Å². The Morgan fingerprint density at radius 3 is 2.93 bits per heavy atom. The molecule has 0 unspecified atom stereocenters. The Hall–Kier alpha value is -1.47. The molecule has 0 fully saturated rings. The molecule has 0 aliphatic rings. The third-order valence-corrected chi connectivity index (χ3v) is 2.23. The molecule has 0 aliphatic carbocycles. The van der Waals surface area contributed by atoms with Gasteiger partial charge in [0.15, 0.2) is 6.04 Å².